The van der Waals surface area contributed by atoms with Gasteiger partial charge in [-0.15, -0.1) is 0 Å². The van der Waals surface area contributed by atoms with Crippen molar-refractivity contribution >= 4 is 23.6 Å². The van der Waals surface area contributed by atoms with Crippen LogP contribution >= 0.6 is 0 Å². The summed E-state index contributed by atoms with van der Waals surface area (Å²) >= 11 is 0. The van der Waals surface area contributed by atoms with Gasteiger partial charge in [0.15, 0.2) is 0 Å². The Morgan fingerprint density at radius 3 is 2.14 bits per heavy atom. The number of alkyl halides is 5. The van der Waals surface area contributed by atoms with Gasteiger partial charge in [0.05, 0.1) is 19.8 Å². The maximum absolute atomic E-state index is 14.8. The molecule has 0 aliphatic heterocycles. The number of carbonyl (C=O) groups is 4. The quantitative estimate of drug-likeness (QED) is 0.167. The number of allylic oxidation sites excluding steroid dienone is 2. The smallest absolute Gasteiger partial charge is 0.405 e. The van der Waals surface area contributed by atoms with Crippen molar-refractivity contribution < 1.29 is 56.1 Å². The van der Waals surface area contributed by atoms with E-state index in [2.05, 4.69) is 16.0 Å². The summed E-state index contributed by atoms with van der Waals surface area (Å²) in [5.74, 6) is -11.3. The molecule has 0 radical (unpaired) electrons. The van der Waals surface area contributed by atoms with Crippen molar-refractivity contribution in [1.82, 2.24) is 21.3 Å². The van der Waals surface area contributed by atoms with Gasteiger partial charge in [-0.2, -0.15) is 22.0 Å². The zero-order chi connectivity index (χ0) is 33.2. The summed E-state index contributed by atoms with van der Waals surface area (Å²) in [7, 11) is 1.39. The normalized spacial score (nSPS) is 17.9. The highest BCUT2D eigenvalue weighted by Crippen LogP contribution is 2.27. The highest BCUT2D eigenvalue weighted by Gasteiger charge is 2.52. The highest BCUT2D eigenvalue weighted by atomic mass is 19.4. The molecule has 5 atom stereocenters. The second-order valence-corrected chi connectivity index (χ2v) is 10.3. The molecule has 0 spiro atoms. The number of halogens is 5. The molecule has 0 heterocycles. The Kier molecular flexibility index (Phi) is 12.8. The summed E-state index contributed by atoms with van der Waals surface area (Å²) in [5.41, 5.74) is 0.175. The van der Waals surface area contributed by atoms with Crippen LogP contribution in [0.5, 0.6) is 0 Å². The number of hydrogen-bond donors (Lipinski definition) is 6. The number of benzene rings is 1. The van der Waals surface area contributed by atoms with Gasteiger partial charge in [0.2, 0.25) is 11.8 Å². The predicted molar refractivity (Wildman–Crippen MR) is 146 cm³/mol. The molecule has 1 unspecified atom stereocenters. The minimum Gasteiger partial charge on any atom is -0.497 e. The van der Waals surface area contributed by atoms with Gasteiger partial charge in [0.25, 0.3) is 11.8 Å². The number of ether oxygens (including phenoxy) is 1. The lowest BCUT2D eigenvalue weighted by Crippen LogP contribution is -2.63. The molecule has 2 rings (SSSR count). The molecule has 6 N–H and O–H groups in total. The first-order chi connectivity index (χ1) is 20.5. The monoisotopic (exact) mass is 634 g/mol. The lowest BCUT2D eigenvalue weighted by molar-refractivity contribution is -0.175. The third kappa shape index (κ3) is 10.0. The van der Waals surface area contributed by atoms with Crippen molar-refractivity contribution in [1.29, 1.82) is 0 Å². The molecule has 1 aliphatic carbocycles. The van der Waals surface area contributed by atoms with E-state index in [0.29, 0.717) is 5.76 Å². The highest BCUT2D eigenvalue weighted by molar-refractivity contribution is 5.98. The van der Waals surface area contributed by atoms with E-state index in [1.165, 1.54) is 45.2 Å². The van der Waals surface area contributed by atoms with Crippen LogP contribution in [-0.4, -0.2) is 90.4 Å². The number of amides is 4. The van der Waals surface area contributed by atoms with Gasteiger partial charge in [-0.05, 0) is 36.6 Å². The van der Waals surface area contributed by atoms with Crippen molar-refractivity contribution in [3.63, 3.8) is 0 Å². The maximum atomic E-state index is 14.8. The topological polar surface area (TPSA) is 166 Å². The SMILES string of the molecule is COC1=CCC([C@H](NC(=O)[C@H](CO)NC(=O)c2ccccc2)C(=O)N[C@@H](C(C)C)[C@@H](O)C(F)(F)C(=O)NCC(F)(F)F)C=C1. The van der Waals surface area contributed by atoms with Gasteiger partial charge in [0, 0.05) is 11.5 Å². The third-order valence-electron chi connectivity index (χ3n) is 6.67. The first-order valence-electron chi connectivity index (χ1n) is 13.4. The second-order valence-electron chi connectivity index (χ2n) is 10.3. The Balaban J connectivity index is 2.29. The fourth-order valence-electron chi connectivity index (χ4n) is 4.18. The molecule has 16 heteroatoms. The zero-order valence-electron chi connectivity index (χ0n) is 24.0. The zero-order valence-corrected chi connectivity index (χ0v) is 24.0. The van der Waals surface area contributed by atoms with Crippen LogP contribution in [0.4, 0.5) is 22.0 Å². The van der Waals surface area contributed by atoms with Crippen molar-refractivity contribution in [3.8, 4) is 0 Å². The van der Waals surface area contributed by atoms with Crippen molar-refractivity contribution in [3.05, 3.63) is 59.9 Å². The van der Waals surface area contributed by atoms with Gasteiger partial charge in [-0.1, -0.05) is 38.1 Å². The van der Waals surface area contributed by atoms with E-state index in [0.717, 1.165) is 5.32 Å². The second kappa shape index (κ2) is 15.6. The lowest BCUT2D eigenvalue weighted by atomic mass is 9.89. The fourth-order valence-corrected chi connectivity index (χ4v) is 4.18. The average Bonchev–Trinajstić information content (AvgIpc) is 2.99. The Morgan fingerprint density at radius 2 is 1.64 bits per heavy atom. The van der Waals surface area contributed by atoms with Crippen molar-refractivity contribution in [2.24, 2.45) is 11.8 Å². The molecule has 44 heavy (non-hydrogen) atoms. The van der Waals surface area contributed by atoms with Crippen LogP contribution in [-0.2, 0) is 19.1 Å². The van der Waals surface area contributed by atoms with E-state index in [4.69, 9.17) is 4.74 Å². The Bertz CT molecular complexity index is 1220. The molecule has 0 bridgehead atoms. The summed E-state index contributed by atoms with van der Waals surface area (Å²) in [4.78, 5) is 51.0. The first-order valence-corrected chi connectivity index (χ1v) is 13.4. The van der Waals surface area contributed by atoms with E-state index >= 15 is 0 Å². The van der Waals surface area contributed by atoms with Crippen LogP contribution in [0.1, 0.15) is 30.6 Å². The van der Waals surface area contributed by atoms with Crippen molar-refractivity contribution in [2.45, 2.75) is 56.6 Å². The number of methoxy groups -OCH3 is 1. The van der Waals surface area contributed by atoms with E-state index in [9.17, 15) is 51.3 Å². The summed E-state index contributed by atoms with van der Waals surface area (Å²) in [6.45, 7) is -0.334. The summed E-state index contributed by atoms with van der Waals surface area (Å²) in [6.07, 6.45) is -3.32. The number of hydrogen-bond acceptors (Lipinski definition) is 7. The number of rotatable bonds is 14. The number of nitrogens with one attached hydrogen (secondary N) is 4. The molecule has 0 saturated heterocycles. The van der Waals surface area contributed by atoms with Crippen molar-refractivity contribution in [2.75, 3.05) is 20.3 Å². The number of aliphatic hydroxyl groups is 2. The third-order valence-corrected chi connectivity index (χ3v) is 6.67. The average molecular weight is 635 g/mol. The van der Waals surface area contributed by atoms with E-state index in [1.807, 2.05) is 0 Å². The summed E-state index contributed by atoms with van der Waals surface area (Å²) in [6, 6.07) is 2.78. The molecule has 0 saturated carbocycles. The molecular formula is C28H35F5N4O7. The minimum atomic E-state index is -4.99. The summed E-state index contributed by atoms with van der Waals surface area (Å²) in [5, 5.41) is 28.1. The predicted octanol–water partition coefficient (Wildman–Crippen LogP) is 1.18. The maximum Gasteiger partial charge on any atom is 0.405 e. The molecule has 244 valence electrons. The van der Waals surface area contributed by atoms with Gasteiger partial charge in [-0.3, -0.25) is 19.2 Å². The molecule has 11 nitrogen and oxygen atoms in total. The fraction of sp³-hybridized carbons (Fsp3) is 0.500. The molecule has 4 amide bonds. The molecule has 1 aliphatic rings. The molecule has 0 aromatic heterocycles. The largest absolute Gasteiger partial charge is 0.497 e. The van der Waals surface area contributed by atoms with Crippen LogP contribution in [0.15, 0.2) is 54.3 Å². The molecule has 1 aromatic carbocycles. The Hall–Kier alpha value is -4.05. The van der Waals surface area contributed by atoms with Crippen LogP contribution in [0, 0.1) is 11.8 Å². The van der Waals surface area contributed by atoms with Crippen LogP contribution < -0.4 is 21.3 Å². The molecule has 1 aromatic rings. The van der Waals surface area contributed by atoms with E-state index < -0.39 is 84.9 Å². The van der Waals surface area contributed by atoms with Crippen LogP contribution in [0.25, 0.3) is 0 Å². The minimum absolute atomic E-state index is 0.100. The van der Waals surface area contributed by atoms with Crippen LogP contribution in [0.3, 0.4) is 0 Å². The standard InChI is InChI=1S/C28H35F5N4O7/c1-15(2)20(22(39)28(32,33)26(43)34-14-27(29,30)31)36-25(42)21(16-9-11-18(44-3)12-10-16)37-24(41)19(13-38)35-23(40)17-7-5-4-6-8-17/h4-9,11-12,15-16,19-22,38-39H,10,13-14H2,1-3H3,(H,34,43)(H,35,40)(H,36,42)(H,37,41)/t16?,19-,20-,21-,22+/m0/s1. The van der Waals surface area contributed by atoms with Crippen LogP contribution in [0.2, 0.25) is 0 Å². The Labute approximate surface area is 249 Å². The van der Waals surface area contributed by atoms with Gasteiger partial charge < -0.3 is 36.2 Å². The van der Waals surface area contributed by atoms with E-state index in [-0.39, 0.29) is 12.0 Å². The van der Waals surface area contributed by atoms with Gasteiger partial charge in [0.1, 0.15) is 30.5 Å². The molecular weight excluding hydrogens is 599 g/mol. The lowest BCUT2D eigenvalue weighted by Gasteiger charge is -2.34. The Morgan fingerprint density at radius 1 is 1.00 bits per heavy atom. The summed E-state index contributed by atoms with van der Waals surface area (Å²) < 4.78 is 72.0. The first kappa shape index (κ1) is 36.1. The molecule has 0 fully saturated rings. The van der Waals surface area contributed by atoms with E-state index in [1.54, 1.807) is 24.3 Å². The van der Waals surface area contributed by atoms with Gasteiger partial charge >= 0.3 is 12.1 Å². The van der Waals surface area contributed by atoms with Gasteiger partial charge in [-0.25, -0.2) is 0 Å². The number of carbonyl (C=O) groups excluding carboxylic acids is 4. The number of aliphatic hydroxyl groups excluding tert-OH is 2.